The molecule has 20 heavy (non-hydrogen) atoms. The van der Waals surface area contributed by atoms with Gasteiger partial charge in [0.05, 0.1) is 0 Å². The maximum absolute atomic E-state index is 8.73. The van der Waals surface area contributed by atoms with Crippen molar-refractivity contribution in [3.05, 3.63) is 29.3 Å². The van der Waals surface area contributed by atoms with Crippen LogP contribution < -0.4 is 11.1 Å². The quantitative estimate of drug-likeness (QED) is 0.234. The molecule has 0 amide bonds. The predicted octanol–water partition coefficient (Wildman–Crippen LogP) is 3.66. The van der Waals surface area contributed by atoms with Gasteiger partial charge in [0.2, 0.25) is 0 Å². The monoisotopic (exact) mass is 277 g/mol. The van der Waals surface area contributed by atoms with Gasteiger partial charge in [0.1, 0.15) is 5.84 Å². The van der Waals surface area contributed by atoms with Gasteiger partial charge in [-0.25, -0.2) is 0 Å². The summed E-state index contributed by atoms with van der Waals surface area (Å²) in [5.74, 6) is 0.305. The van der Waals surface area contributed by atoms with Gasteiger partial charge < -0.3 is 16.3 Å². The number of hydrogen-bond donors (Lipinski definition) is 3. The maximum Gasteiger partial charge on any atom is 0.144 e. The topological polar surface area (TPSA) is 70.6 Å². The van der Waals surface area contributed by atoms with Crippen LogP contribution in [0.25, 0.3) is 0 Å². The zero-order chi connectivity index (χ0) is 15.2. The van der Waals surface area contributed by atoms with E-state index in [0.717, 1.165) is 25.8 Å². The highest BCUT2D eigenvalue weighted by atomic mass is 16.4. The van der Waals surface area contributed by atoms with E-state index in [0.29, 0.717) is 5.84 Å². The molecule has 1 aromatic rings. The molecule has 0 saturated carbocycles. The maximum atomic E-state index is 8.73. The summed E-state index contributed by atoms with van der Waals surface area (Å²) in [5, 5.41) is 15.3. The van der Waals surface area contributed by atoms with Gasteiger partial charge in [-0.05, 0) is 38.3 Å². The Morgan fingerprint density at radius 2 is 2.00 bits per heavy atom. The van der Waals surface area contributed by atoms with Crippen LogP contribution in [0.3, 0.4) is 0 Å². The Morgan fingerprint density at radius 1 is 1.30 bits per heavy atom. The first-order valence-corrected chi connectivity index (χ1v) is 7.16. The van der Waals surface area contributed by atoms with Crippen LogP contribution in [-0.2, 0) is 0 Å². The molecule has 0 bridgehead atoms. The van der Waals surface area contributed by atoms with Crippen molar-refractivity contribution in [1.82, 2.24) is 0 Å². The van der Waals surface area contributed by atoms with Crippen molar-refractivity contribution in [2.24, 2.45) is 16.3 Å². The van der Waals surface area contributed by atoms with Crippen LogP contribution in [0.2, 0.25) is 0 Å². The van der Waals surface area contributed by atoms with Crippen LogP contribution in [0.15, 0.2) is 23.4 Å². The number of oxime groups is 1. The minimum absolute atomic E-state index is 0.242. The van der Waals surface area contributed by atoms with Gasteiger partial charge in [-0.1, -0.05) is 43.1 Å². The average molecular weight is 277 g/mol. The van der Waals surface area contributed by atoms with E-state index in [2.05, 4.69) is 42.5 Å². The standard InChI is InChI=1S/C16H27N3O/c1-12-7-8-14(13(2)11-12)18-10-6-5-9-16(3,4)15(17)19-20/h7-8,11,18,20H,5-6,9-10H2,1-4H3,(H2,17,19). The third-order valence-corrected chi connectivity index (χ3v) is 3.73. The highest BCUT2D eigenvalue weighted by molar-refractivity contribution is 5.85. The van der Waals surface area contributed by atoms with Crippen LogP contribution in [0, 0.1) is 19.3 Å². The number of nitrogens with zero attached hydrogens (tertiary/aromatic N) is 1. The Hall–Kier alpha value is -1.71. The van der Waals surface area contributed by atoms with Crippen molar-refractivity contribution in [3.8, 4) is 0 Å². The van der Waals surface area contributed by atoms with E-state index in [1.54, 1.807) is 0 Å². The largest absolute Gasteiger partial charge is 0.409 e. The Morgan fingerprint density at radius 3 is 2.60 bits per heavy atom. The molecule has 1 aromatic carbocycles. The molecule has 0 aromatic heterocycles. The highest BCUT2D eigenvalue weighted by Crippen LogP contribution is 2.23. The van der Waals surface area contributed by atoms with Crippen LogP contribution in [0.4, 0.5) is 5.69 Å². The summed E-state index contributed by atoms with van der Waals surface area (Å²) < 4.78 is 0. The number of rotatable bonds is 7. The van der Waals surface area contributed by atoms with E-state index < -0.39 is 0 Å². The highest BCUT2D eigenvalue weighted by Gasteiger charge is 2.22. The Kier molecular flexibility index (Phi) is 5.86. The van der Waals surface area contributed by atoms with Crippen molar-refractivity contribution >= 4 is 11.5 Å². The van der Waals surface area contributed by atoms with Gasteiger partial charge in [0, 0.05) is 17.6 Å². The molecule has 0 atom stereocenters. The van der Waals surface area contributed by atoms with Crippen LogP contribution in [0.5, 0.6) is 0 Å². The number of hydrogen-bond acceptors (Lipinski definition) is 3. The summed E-state index contributed by atoms with van der Waals surface area (Å²) in [4.78, 5) is 0. The summed E-state index contributed by atoms with van der Waals surface area (Å²) in [6.07, 6.45) is 3.02. The predicted molar refractivity (Wildman–Crippen MR) is 85.4 cm³/mol. The number of nitrogens with one attached hydrogen (secondary N) is 1. The lowest BCUT2D eigenvalue weighted by Gasteiger charge is -2.22. The Balaban J connectivity index is 2.32. The lowest BCUT2D eigenvalue weighted by Crippen LogP contribution is -2.31. The number of benzene rings is 1. The molecule has 0 heterocycles. The minimum atomic E-state index is -0.242. The number of aryl methyl sites for hydroxylation is 2. The molecule has 0 fully saturated rings. The van der Waals surface area contributed by atoms with E-state index >= 15 is 0 Å². The third-order valence-electron chi connectivity index (χ3n) is 3.73. The van der Waals surface area contributed by atoms with Gasteiger partial charge in [0.25, 0.3) is 0 Å². The number of anilines is 1. The molecule has 4 heteroatoms. The molecule has 0 radical (unpaired) electrons. The molecule has 4 nitrogen and oxygen atoms in total. The molecule has 0 spiro atoms. The lowest BCUT2D eigenvalue weighted by atomic mass is 9.86. The summed E-state index contributed by atoms with van der Waals surface area (Å²) in [6.45, 7) is 9.16. The first kappa shape index (κ1) is 16.3. The third kappa shape index (κ3) is 4.76. The van der Waals surface area contributed by atoms with Crippen LogP contribution in [-0.4, -0.2) is 17.6 Å². The Bertz CT molecular complexity index is 467. The van der Waals surface area contributed by atoms with Crippen LogP contribution in [0.1, 0.15) is 44.2 Å². The van der Waals surface area contributed by atoms with Gasteiger partial charge in [-0.15, -0.1) is 0 Å². The summed E-state index contributed by atoms with van der Waals surface area (Å²) in [7, 11) is 0. The fraction of sp³-hybridized carbons (Fsp3) is 0.562. The second kappa shape index (κ2) is 7.17. The normalized spacial score (nSPS) is 12.5. The number of amidine groups is 1. The molecule has 0 aliphatic heterocycles. The summed E-state index contributed by atoms with van der Waals surface area (Å²) in [6, 6.07) is 6.44. The van der Waals surface area contributed by atoms with E-state index in [1.807, 2.05) is 13.8 Å². The van der Waals surface area contributed by atoms with Crippen molar-refractivity contribution < 1.29 is 5.21 Å². The molecule has 0 aliphatic rings. The zero-order valence-corrected chi connectivity index (χ0v) is 13.0. The molecular weight excluding hydrogens is 250 g/mol. The van der Waals surface area contributed by atoms with Crippen molar-refractivity contribution in [2.75, 3.05) is 11.9 Å². The lowest BCUT2D eigenvalue weighted by molar-refractivity contribution is 0.304. The molecule has 0 unspecified atom stereocenters. The van der Waals surface area contributed by atoms with Gasteiger partial charge in [0.15, 0.2) is 0 Å². The van der Waals surface area contributed by atoms with Crippen molar-refractivity contribution in [2.45, 2.75) is 47.0 Å². The molecular formula is C16H27N3O. The summed E-state index contributed by atoms with van der Waals surface area (Å²) in [5.41, 5.74) is 9.20. The van der Waals surface area contributed by atoms with Gasteiger partial charge in [-0.2, -0.15) is 0 Å². The number of unbranched alkanes of at least 4 members (excludes halogenated alkanes) is 1. The molecule has 0 aliphatic carbocycles. The minimum Gasteiger partial charge on any atom is -0.409 e. The SMILES string of the molecule is Cc1ccc(NCCCCC(C)(C)/C(N)=N/O)c(C)c1. The second-order valence-electron chi connectivity index (χ2n) is 6.07. The van der Waals surface area contributed by atoms with E-state index in [4.69, 9.17) is 10.9 Å². The van der Waals surface area contributed by atoms with Gasteiger partial charge in [-0.3, -0.25) is 0 Å². The second-order valence-corrected chi connectivity index (χ2v) is 6.07. The zero-order valence-electron chi connectivity index (χ0n) is 13.0. The molecule has 1 rings (SSSR count). The van der Waals surface area contributed by atoms with Crippen molar-refractivity contribution in [3.63, 3.8) is 0 Å². The summed E-state index contributed by atoms with van der Waals surface area (Å²) >= 11 is 0. The van der Waals surface area contributed by atoms with E-state index in [9.17, 15) is 0 Å². The van der Waals surface area contributed by atoms with Crippen molar-refractivity contribution in [1.29, 1.82) is 0 Å². The fourth-order valence-corrected chi connectivity index (χ4v) is 2.19. The fourth-order valence-electron chi connectivity index (χ4n) is 2.19. The van der Waals surface area contributed by atoms with E-state index in [-0.39, 0.29) is 5.41 Å². The molecule has 4 N–H and O–H groups in total. The Labute approximate surface area is 122 Å². The number of nitrogens with two attached hydrogens (primary N) is 1. The van der Waals surface area contributed by atoms with Crippen LogP contribution >= 0.6 is 0 Å². The molecule has 0 saturated heterocycles. The smallest absolute Gasteiger partial charge is 0.144 e. The first-order valence-electron chi connectivity index (χ1n) is 7.16. The molecule has 112 valence electrons. The average Bonchev–Trinajstić information content (AvgIpc) is 2.39. The van der Waals surface area contributed by atoms with Gasteiger partial charge >= 0.3 is 0 Å². The first-order chi connectivity index (χ1) is 9.36. The van der Waals surface area contributed by atoms with E-state index in [1.165, 1.54) is 16.8 Å².